The molecule has 1 aromatic carbocycles. The molecule has 0 saturated carbocycles. The molecule has 0 aromatic heterocycles. The van der Waals surface area contributed by atoms with Crippen LogP contribution >= 0.6 is 0 Å². The molecule has 1 aliphatic rings. The summed E-state index contributed by atoms with van der Waals surface area (Å²) in [6.07, 6.45) is 2.40. The largest absolute Gasteiger partial charge is 0.299 e. The van der Waals surface area contributed by atoms with Gasteiger partial charge >= 0.3 is 0 Å². The van der Waals surface area contributed by atoms with Gasteiger partial charge in [-0.2, -0.15) is 0 Å². The number of halogens is 2. The quantitative estimate of drug-likeness (QED) is 0.747. The van der Waals surface area contributed by atoms with Crippen molar-refractivity contribution in [1.82, 2.24) is 4.90 Å². The van der Waals surface area contributed by atoms with Crippen molar-refractivity contribution in [2.75, 3.05) is 13.1 Å². The highest BCUT2D eigenvalue weighted by atomic mass is 19.2. The summed E-state index contributed by atoms with van der Waals surface area (Å²) in [6.45, 7) is 5.10. The fourth-order valence-corrected chi connectivity index (χ4v) is 2.12. The maximum absolute atomic E-state index is 13.0. The van der Waals surface area contributed by atoms with Crippen LogP contribution < -0.4 is 0 Å². The minimum absolute atomic E-state index is 0.726. The zero-order valence-corrected chi connectivity index (χ0v) is 9.55. The molecule has 88 valence electrons. The fraction of sp³-hybridized carbons (Fsp3) is 0.538. The summed E-state index contributed by atoms with van der Waals surface area (Å²) in [5.41, 5.74) is 0.855. The lowest BCUT2D eigenvalue weighted by molar-refractivity contribution is 0.185. The van der Waals surface area contributed by atoms with Crippen molar-refractivity contribution in [2.45, 2.75) is 26.3 Å². The lowest BCUT2D eigenvalue weighted by Crippen LogP contribution is -2.32. The number of benzene rings is 1. The smallest absolute Gasteiger partial charge is 0.159 e. The van der Waals surface area contributed by atoms with E-state index in [1.807, 2.05) is 0 Å². The van der Waals surface area contributed by atoms with Gasteiger partial charge in [-0.05, 0) is 49.5 Å². The van der Waals surface area contributed by atoms with Crippen LogP contribution in [0, 0.1) is 17.6 Å². The molecule has 1 aromatic rings. The van der Waals surface area contributed by atoms with Crippen LogP contribution in [0.2, 0.25) is 0 Å². The lowest BCUT2D eigenvalue weighted by Gasteiger charge is -2.30. The first-order valence-corrected chi connectivity index (χ1v) is 5.81. The maximum Gasteiger partial charge on any atom is 0.159 e. The van der Waals surface area contributed by atoms with E-state index in [1.54, 1.807) is 6.07 Å². The van der Waals surface area contributed by atoms with Crippen LogP contribution in [-0.4, -0.2) is 18.0 Å². The number of nitrogens with zero attached hydrogens (tertiary/aromatic N) is 1. The number of hydrogen-bond donors (Lipinski definition) is 0. The average Bonchev–Trinajstić information content (AvgIpc) is 2.27. The van der Waals surface area contributed by atoms with Gasteiger partial charge in [0.15, 0.2) is 11.6 Å². The Kier molecular flexibility index (Phi) is 3.54. The Morgan fingerprint density at radius 3 is 2.50 bits per heavy atom. The second-order valence-corrected chi connectivity index (χ2v) is 4.71. The van der Waals surface area contributed by atoms with Crippen molar-refractivity contribution in [1.29, 1.82) is 0 Å². The van der Waals surface area contributed by atoms with Crippen LogP contribution in [0.1, 0.15) is 25.3 Å². The Balaban J connectivity index is 1.96. The van der Waals surface area contributed by atoms with Crippen LogP contribution in [0.4, 0.5) is 8.78 Å². The molecule has 1 aliphatic heterocycles. The molecule has 0 amide bonds. The van der Waals surface area contributed by atoms with E-state index in [9.17, 15) is 8.78 Å². The van der Waals surface area contributed by atoms with E-state index in [0.717, 1.165) is 31.1 Å². The second kappa shape index (κ2) is 4.91. The van der Waals surface area contributed by atoms with Gasteiger partial charge in [0, 0.05) is 6.54 Å². The number of rotatable bonds is 2. The van der Waals surface area contributed by atoms with Crippen LogP contribution in [0.5, 0.6) is 0 Å². The first-order chi connectivity index (χ1) is 7.65. The van der Waals surface area contributed by atoms with Gasteiger partial charge in [-0.15, -0.1) is 0 Å². The summed E-state index contributed by atoms with van der Waals surface area (Å²) in [4.78, 5) is 2.30. The molecule has 16 heavy (non-hydrogen) atoms. The highest BCUT2D eigenvalue weighted by molar-refractivity contribution is 5.17. The Morgan fingerprint density at radius 1 is 1.19 bits per heavy atom. The fourth-order valence-electron chi connectivity index (χ4n) is 2.12. The van der Waals surface area contributed by atoms with E-state index in [1.165, 1.54) is 25.0 Å². The lowest BCUT2D eigenvalue weighted by atomic mass is 9.99. The molecule has 1 nitrogen and oxygen atoms in total. The molecule has 1 fully saturated rings. The SMILES string of the molecule is CC1CCN(Cc2ccc(F)c(F)c2)CC1. The predicted molar refractivity (Wildman–Crippen MR) is 60.0 cm³/mol. The van der Waals surface area contributed by atoms with E-state index < -0.39 is 11.6 Å². The van der Waals surface area contributed by atoms with E-state index in [2.05, 4.69) is 11.8 Å². The molecule has 0 unspecified atom stereocenters. The predicted octanol–water partition coefficient (Wildman–Crippen LogP) is 3.20. The standard InChI is InChI=1S/C13H17F2N/c1-10-4-6-16(7-5-10)9-11-2-3-12(14)13(15)8-11/h2-3,8,10H,4-7,9H2,1H3. The third kappa shape index (κ3) is 2.79. The topological polar surface area (TPSA) is 3.24 Å². The highest BCUT2D eigenvalue weighted by Crippen LogP contribution is 2.18. The van der Waals surface area contributed by atoms with Crippen LogP contribution in [0.15, 0.2) is 18.2 Å². The van der Waals surface area contributed by atoms with Gasteiger partial charge in [0.05, 0.1) is 0 Å². The zero-order chi connectivity index (χ0) is 11.5. The first-order valence-electron chi connectivity index (χ1n) is 5.81. The van der Waals surface area contributed by atoms with E-state index in [0.29, 0.717) is 0 Å². The third-order valence-corrected chi connectivity index (χ3v) is 3.27. The molecule has 1 saturated heterocycles. The summed E-state index contributed by atoms with van der Waals surface area (Å²) >= 11 is 0. The summed E-state index contributed by atoms with van der Waals surface area (Å²) < 4.78 is 25.7. The molecule has 2 rings (SSSR count). The summed E-state index contributed by atoms with van der Waals surface area (Å²) in [7, 11) is 0. The number of hydrogen-bond acceptors (Lipinski definition) is 1. The van der Waals surface area contributed by atoms with Gasteiger partial charge in [-0.25, -0.2) is 8.78 Å². The monoisotopic (exact) mass is 225 g/mol. The van der Waals surface area contributed by atoms with E-state index in [4.69, 9.17) is 0 Å². The second-order valence-electron chi connectivity index (χ2n) is 4.71. The molecule has 0 spiro atoms. The molecular weight excluding hydrogens is 208 g/mol. The number of piperidine rings is 1. The minimum Gasteiger partial charge on any atom is -0.299 e. The molecule has 0 atom stereocenters. The van der Waals surface area contributed by atoms with Gasteiger partial charge in [-0.3, -0.25) is 4.90 Å². The number of likely N-dealkylation sites (tertiary alicyclic amines) is 1. The average molecular weight is 225 g/mol. The van der Waals surface area contributed by atoms with Gasteiger partial charge in [0.2, 0.25) is 0 Å². The van der Waals surface area contributed by atoms with Crippen LogP contribution in [0.3, 0.4) is 0 Å². The van der Waals surface area contributed by atoms with E-state index >= 15 is 0 Å². The third-order valence-electron chi connectivity index (χ3n) is 3.27. The van der Waals surface area contributed by atoms with Crippen LogP contribution in [-0.2, 0) is 6.54 Å². The zero-order valence-electron chi connectivity index (χ0n) is 9.55. The molecule has 0 bridgehead atoms. The molecule has 1 heterocycles. The van der Waals surface area contributed by atoms with Gasteiger partial charge < -0.3 is 0 Å². The van der Waals surface area contributed by atoms with Crippen molar-refractivity contribution in [3.8, 4) is 0 Å². The normalized spacial score (nSPS) is 18.9. The van der Waals surface area contributed by atoms with Crippen molar-refractivity contribution >= 4 is 0 Å². The Bertz CT molecular complexity index is 357. The van der Waals surface area contributed by atoms with Gasteiger partial charge in [0.25, 0.3) is 0 Å². The van der Waals surface area contributed by atoms with Crippen molar-refractivity contribution in [2.24, 2.45) is 5.92 Å². The van der Waals surface area contributed by atoms with Gasteiger partial charge in [-0.1, -0.05) is 13.0 Å². The molecule has 0 radical (unpaired) electrons. The Hall–Kier alpha value is -0.960. The summed E-state index contributed by atoms with van der Waals surface area (Å²) in [5, 5.41) is 0. The van der Waals surface area contributed by atoms with Crippen molar-refractivity contribution in [3.05, 3.63) is 35.4 Å². The first kappa shape index (κ1) is 11.5. The highest BCUT2D eigenvalue weighted by Gasteiger charge is 2.16. The molecular formula is C13H17F2N. The summed E-state index contributed by atoms with van der Waals surface area (Å²) in [6, 6.07) is 4.17. The van der Waals surface area contributed by atoms with Crippen molar-refractivity contribution < 1.29 is 8.78 Å². The Labute approximate surface area is 95.1 Å². The molecule has 3 heteroatoms. The maximum atomic E-state index is 13.0. The molecule has 0 aliphatic carbocycles. The summed E-state index contributed by atoms with van der Waals surface area (Å²) in [5.74, 6) is -0.722. The minimum atomic E-state index is -0.768. The van der Waals surface area contributed by atoms with Gasteiger partial charge in [0.1, 0.15) is 0 Å². The van der Waals surface area contributed by atoms with Crippen LogP contribution in [0.25, 0.3) is 0 Å². The van der Waals surface area contributed by atoms with E-state index in [-0.39, 0.29) is 0 Å². The van der Waals surface area contributed by atoms with Crippen molar-refractivity contribution in [3.63, 3.8) is 0 Å². The molecule has 0 N–H and O–H groups in total. The Morgan fingerprint density at radius 2 is 1.88 bits per heavy atom.